The van der Waals surface area contributed by atoms with Crippen LogP contribution in [0, 0.1) is 0 Å². The zero-order valence-electron chi connectivity index (χ0n) is 31.6. The molecule has 14 heteroatoms. The molecule has 0 fully saturated rings. The van der Waals surface area contributed by atoms with Crippen LogP contribution in [0.4, 0.5) is 11.6 Å². The van der Waals surface area contributed by atoms with Crippen molar-refractivity contribution in [2.24, 2.45) is 0 Å². The first-order valence-electron chi connectivity index (χ1n) is 18.5. The Kier molecular flexibility index (Phi) is 11.7. The summed E-state index contributed by atoms with van der Waals surface area (Å²) < 4.78 is 17.8. The molecule has 0 unspecified atom stereocenters. The monoisotopic (exact) mass is 812 g/mol. The molecule has 0 aliphatic rings. The van der Waals surface area contributed by atoms with Crippen LogP contribution in [0.1, 0.15) is 34.3 Å². The number of rotatable bonds is 16. The van der Waals surface area contributed by atoms with E-state index in [0.717, 1.165) is 58.0 Å². The van der Waals surface area contributed by atoms with Gasteiger partial charge >= 0.3 is 0 Å². The second kappa shape index (κ2) is 17.5. The maximum absolute atomic E-state index is 10.6. The number of nitrogens with one attached hydrogen (secondary N) is 2. The Labute approximate surface area is 342 Å². The molecule has 0 aliphatic heterocycles. The molecule has 0 aliphatic carbocycles. The number of hydrogen-bond acceptors (Lipinski definition) is 14. The van der Waals surface area contributed by atoms with Crippen LogP contribution in [-0.4, -0.2) is 62.7 Å². The van der Waals surface area contributed by atoms with E-state index in [1.54, 1.807) is 14.2 Å². The summed E-state index contributed by atoms with van der Waals surface area (Å²) in [5, 5.41) is 39.3. The minimum absolute atomic E-state index is 0.107. The highest BCUT2D eigenvalue weighted by Crippen LogP contribution is 2.45. The van der Waals surface area contributed by atoms with Gasteiger partial charge in [-0.3, -0.25) is 0 Å². The highest BCUT2D eigenvalue weighted by molar-refractivity contribution is 7.22. The molecule has 294 valence electrons. The van der Waals surface area contributed by atoms with Crippen molar-refractivity contribution in [3.05, 3.63) is 138 Å². The molecular weight excluding hydrogens is 773 g/mol. The molecular formula is C44H40N6O6S2. The number of fused-ring (bicyclic) bond motifs is 2. The first-order valence-corrected chi connectivity index (χ1v) is 20.1. The van der Waals surface area contributed by atoms with Crippen LogP contribution >= 0.6 is 22.7 Å². The van der Waals surface area contributed by atoms with Crippen LogP contribution in [0.2, 0.25) is 0 Å². The van der Waals surface area contributed by atoms with Gasteiger partial charge in [0.2, 0.25) is 0 Å². The number of ether oxygens (including phenoxy) is 3. The van der Waals surface area contributed by atoms with Gasteiger partial charge < -0.3 is 40.2 Å². The lowest BCUT2D eigenvalue weighted by Crippen LogP contribution is -2.16. The molecule has 0 bridgehead atoms. The number of nitrogens with zero attached hydrogens (tertiary/aromatic N) is 4. The Morgan fingerprint density at radius 1 is 0.586 bits per heavy atom. The van der Waals surface area contributed by atoms with Gasteiger partial charge in [-0.2, -0.15) is 0 Å². The summed E-state index contributed by atoms with van der Waals surface area (Å²) in [4.78, 5) is 21.5. The fourth-order valence-electron chi connectivity index (χ4n) is 6.82. The number of thiophene rings is 2. The smallest absolute Gasteiger partial charge is 0.138 e. The van der Waals surface area contributed by atoms with E-state index in [0.29, 0.717) is 34.4 Å². The number of methoxy groups -OCH3 is 2. The van der Waals surface area contributed by atoms with Gasteiger partial charge in [-0.15, -0.1) is 22.7 Å². The van der Waals surface area contributed by atoms with Crippen LogP contribution in [0.25, 0.3) is 41.3 Å². The van der Waals surface area contributed by atoms with E-state index < -0.39 is 6.04 Å². The lowest BCUT2D eigenvalue weighted by molar-refractivity contribution is 0.275. The van der Waals surface area contributed by atoms with E-state index in [1.165, 1.54) is 35.3 Å². The molecule has 4 aromatic carbocycles. The van der Waals surface area contributed by atoms with E-state index in [4.69, 9.17) is 14.2 Å². The van der Waals surface area contributed by atoms with Gasteiger partial charge in [0.1, 0.15) is 57.8 Å². The van der Waals surface area contributed by atoms with Gasteiger partial charge in [-0.1, -0.05) is 66.7 Å². The summed E-state index contributed by atoms with van der Waals surface area (Å²) in [5.41, 5.74) is 5.07. The number of benzene rings is 4. The van der Waals surface area contributed by atoms with Gasteiger partial charge in [-0.25, -0.2) is 19.9 Å². The van der Waals surface area contributed by atoms with Crippen LogP contribution in [0.15, 0.2) is 116 Å². The summed E-state index contributed by atoms with van der Waals surface area (Å²) in [5.74, 6) is 3.18. The topological polar surface area (TPSA) is 164 Å². The average molecular weight is 813 g/mol. The molecule has 8 aromatic rings. The highest BCUT2D eigenvalue weighted by atomic mass is 32.1. The van der Waals surface area contributed by atoms with Gasteiger partial charge in [0.05, 0.1) is 62.5 Å². The molecule has 0 amide bonds. The van der Waals surface area contributed by atoms with Crippen molar-refractivity contribution in [1.29, 1.82) is 0 Å². The molecule has 0 radical (unpaired) electrons. The van der Waals surface area contributed by atoms with Gasteiger partial charge in [0.25, 0.3) is 0 Å². The van der Waals surface area contributed by atoms with Crippen molar-refractivity contribution in [1.82, 2.24) is 19.9 Å². The van der Waals surface area contributed by atoms with Crippen molar-refractivity contribution >= 4 is 54.7 Å². The lowest BCUT2D eigenvalue weighted by Gasteiger charge is -2.19. The first kappa shape index (κ1) is 38.7. The first-order chi connectivity index (χ1) is 28.5. The molecule has 8 rings (SSSR count). The summed E-state index contributed by atoms with van der Waals surface area (Å²) in [6, 6.07) is 32.1. The van der Waals surface area contributed by atoms with Crippen molar-refractivity contribution in [3.63, 3.8) is 0 Å². The minimum Gasteiger partial charge on any atom is -0.496 e. The van der Waals surface area contributed by atoms with E-state index in [2.05, 4.69) is 30.6 Å². The zero-order valence-corrected chi connectivity index (χ0v) is 33.3. The Morgan fingerprint density at radius 2 is 1.19 bits per heavy atom. The molecule has 58 heavy (non-hydrogen) atoms. The van der Waals surface area contributed by atoms with Gasteiger partial charge in [0, 0.05) is 15.3 Å². The number of aromatic nitrogens is 4. The zero-order chi connectivity index (χ0) is 40.0. The molecule has 5 N–H and O–H groups in total. The van der Waals surface area contributed by atoms with Gasteiger partial charge in [0.15, 0.2) is 0 Å². The van der Waals surface area contributed by atoms with E-state index in [9.17, 15) is 15.3 Å². The molecule has 0 saturated carbocycles. The van der Waals surface area contributed by atoms with Crippen molar-refractivity contribution in [2.75, 3.05) is 38.1 Å². The maximum atomic E-state index is 10.6. The highest BCUT2D eigenvalue weighted by Gasteiger charge is 2.21. The van der Waals surface area contributed by atoms with Crippen LogP contribution in [0.3, 0.4) is 0 Å². The summed E-state index contributed by atoms with van der Waals surface area (Å²) in [7, 11) is 3.26. The molecule has 0 spiro atoms. The quantitative estimate of drug-likeness (QED) is 0.0634. The van der Waals surface area contributed by atoms with E-state index >= 15 is 0 Å². The third-order valence-corrected chi connectivity index (χ3v) is 11.9. The third kappa shape index (κ3) is 8.01. The number of aliphatic hydroxyl groups excluding tert-OH is 3. The summed E-state index contributed by atoms with van der Waals surface area (Å²) >= 11 is 3.01. The minimum atomic E-state index is -0.481. The Hall–Kier alpha value is -6.16. The largest absolute Gasteiger partial charge is 0.496 e. The fourth-order valence-corrected chi connectivity index (χ4v) is 8.91. The second-order valence-electron chi connectivity index (χ2n) is 13.3. The normalized spacial score (nSPS) is 12.4. The Morgan fingerprint density at radius 3 is 1.83 bits per heavy atom. The SMILES string of the molecule is COc1cccc(OC)c1-c1cc2c(N[C@H](CO)c3cccc(COc4cc(CO)ccc4-c4cc5c(N[C@H](CO)c6ccccc6)ncnc5s4)c3)ncnc2s1. The predicted molar refractivity (Wildman–Crippen MR) is 229 cm³/mol. The summed E-state index contributed by atoms with van der Waals surface area (Å²) in [6.45, 7) is -0.207. The third-order valence-electron chi connectivity index (χ3n) is 9.76. The predicted octanol–water partition coefficient (Wildman–Crippen LogP) is 8.41. The fraction of sp³-hybridized carbons (Fsp3) is 0.182. The number of anilines is 2. The maximum Gasteiger partial charge on any atom is 0.138 e. The van der Waals surface area contributed by atoms with Crippen LogP contribution < -0.4 is 24.8 Å². The molecule has 12 nitrogen and oxygen atoms in total. The second-order valence-corrected chi connectivity index (χ2v) is 15.4. The molecule has 2 atom stereocenters. The molecule has 4 heterocycles. The Balaban J connectivity index is 1.03. The molecule has 0 saturated heterocycles. The van der Waals surface area contributed by atoms with Gasteiger partial charge in [-0.05, 0) is 58.7 Å². The Bertz CT molecular complexity index is 2650. The van der Waals surface area contributed by atoms with Crippen molar-refractivity contribution in [3.8, 4) is 38.1 Å². The lowest BCUT2D eigenvalue weighted by atomic mass is 10.0. The van der Waals surface area contributed by atoms with Crippen molar-refractivity contribution < 1.29 is 29.5 Å². The standard InChI is InChI=1S/C44H40N6O6S2/c1-54-35-12-7-13-36(55-2)40(35)39-19-32-42(46-25-48-44(32)58-39)50-34(22-53)29-11-6-8-27(16-29)23-56-37-17-26(20-51)14-15-30(37)38-18-31-41(45-24-47-43(31)57-38)49-33(21-52)28-9-4-3-5-10-28/h3-19,24-25,33-34,51-53H,20-23H2,1-2H3,(H,45,47,49)(H,46,48,50)/t33-,34-/m1/s1. The van der Waals surface area contributed by atoms with Crippen LogP contribution in [0.5, 0.6) is 17.2 Å². The molecule has 4 aromatic heterocycles. The van der Waals surface area contributed by atoms with Crippen molar-refractivity contribution in [2.45, 2.75) is 25.3 Å². The van der Waals surface area contributed by atoms with E-state index in [1.807, 2.05) is 103 Å². The van der Waals surface area contributed by atoms with E-state index in [-0.39, 0.29) is 32.5 Å². The number of hydrogen-bond donors (Lipinski definition) is 5. The number of aliphatic hydroxyl groups is 3. The summed E-state index contributed by atoms with van der Waals surface area (Å²) in [6.07, 6.45) is 3.03. The van der Waals surface area contributed by atoms with Crippen LogP contribution in [-0.2, 0) is 13.2 Å². The average Bonchev–Trinajstić information content (AvgIpc) is 3.92.